The number of amides is 1. The van der Waals surface area contributed by atoms with Gasteiger partial charge in [0.25, 0.3) is 0 Å². The van der Waals surface area contributed by atoms with Crippen molar-refractivity contribution in [3.05, 3.63) is 47.6 Å². The Hall–Kier alpha value is -2.21. The van der Waals surface area contributed by atoms with Crippen LogP contribution in [0.4, 0.5) is 0 Å². The largest absolute Gasteiger partial charge is 0.355 e. The number of hydrogen-bond acceptors (Lipinski definition) is 5. The van der Waals surface area contributed by atoms with E-state index in [9.17, 15) is 4.79 Å². The molecular formula is C18H24N4O2. The van der Waals surface area contributed by atoms with Gasteiger partial charge in [-0.15, -0.1) is 0 Å². The molecule has 1 aliphatic rings. The average molecular weight is 328 g/mol. The van der Waals surface area contributed by atoms with Crippen molar-refractivity contribution >= 4 is 5.91 Å². The molecule has 3 rings (SSSR count). The summed E-state index contributed by atoms with van der Waals surface area (Å²) in [6.07, 6.45) is 0.438. The van der Waals surface area contributed by atoms with Crippen LogP contribution in [0.5, 0.6) is 0 Å². The minimum Gasteiger partial charge on any atom is -0.355 e. The summed E-state index contributed by atoms with van der Waals surface area (Å²) in [6, 6.07) is 10.1. The second-order valence-corrected chi connectivity index (χ2v) is 7.22. The van der Waals surface area contributed by atoms with Crippen LogP contribution in [0, 0.1) is 0 Å². The SMILES string of the molecule is CC(C)(C)c1nc(CN2CCNC(=O)C[C@H]2c2ccccc2)no1. The molecule has 1 aliphatic heterocycles. The van der Waals surface area contributed by atoms with Gasteiger partial charge in [0.1, 0.15) is 0 Å². The van der Waals surface area contributed by atoms with Gasteiger partial charge in [-0.25, -0.2) is 0 Å². The predicted molar refractivity (Wildman–Crippen MR) is 90.2 cm³/mol. The predicted octanol–water partition coefficient (Wildman–Crippen LogP) is 2.43. The second-order valence-electron chi connectivity index (χ2n) is 7.22. The van der Waals surface area contributed by atoms with E-state index >= 15 is 0 Å². The van der Waals surface area contributed by atoms with Gasteiger partial charge in [0.05, 0.1) is 6.54 Å². The summed E-state index contributed by atoms with van der Waals surface area (Å²) >= 11 is 0. The Labute approximate surface area is 142 Å². The summed E-state index contributed by atoms with van der Waals surface area (Å²) in [5.41, 5.74) is 0.967. The zero-order chi connectivity index (χ0) is 17.2. The van der Waals surface area contributed by atoms with Crippen molar-refractivity contribution in [2.45, 2.75) is 45.2 Å². The lowest BCUT2D eigenvalue weighted by Gasteiger charge is -2.28. The van der Waals surface area contributed by atoms with E-state index in [1.54, 1.807) is 0 Å². The van der Waals surface area contributed by atoms with E-state index in [1.165, 1.54) is 0 Å². The van der Waals surface area contributed by atoms with E-state index in [2.05, 4.69) is 32.5 Å². The van der Waals surface area contributed by atoms with Crippen molar-refractivity contribution in [3.63, 3.8) is 0 Å². The van der Waals surface area contributed by atoms with Gasteiger partial charge in [0, 0.05) is 31.0 Å². The normalized spacial score (nSPS) is 19.8. The molecule has 0 saturated carbocycles. The van der Waals surface area contributed by atoms with E-state index in [-0.39, 0.29) is 17.4 Å². The maximum absolute atomic E-state index is 12.0. The number of carbonyl (C=O) groups excluding carboxylic acids is 1. The molecule has 1 aromatic carbocycles. The van der Waals surface area contributed by atoms with Crippen LogP contribution in [0.1, 0.15) is 50.5 Å². The maximum Gasteiger partial charge on any atom is 0.232 e. The number of hydrogen-bond donors (Lipinski definition) is 1. The van der Waals surface area contributed by atoms with Crippen LogP contribution in [0.2, 0.25) is 0 Å². The fourth-order valence-electron chi connectivity index (χ4n) is 2.87. The van der Waals surface area contributed by atoms with Crippen molar-refractivity contribution in [1.82, 2.24) is 20.4 Å². The average Bonchev–Trinajstić information content (AvgIpc) is 2.94. The van der Waals surface area contributed by atoms with Gasteiger partial charge in [-0.3, -0.25) is 9.69 Å². The van der Waals surface area contributed by atoms with Crippen molar-refractivity contribution in [3.8, 4) is 0 Å². The zero-order valence-corrected chi connectivity index (χ0v) is 14.5. The molecule has 1 amide bonds. The van der Waals surface area contributed by atoms with E-state index in [0.29, 0.717) is 31.2 Å². The molecule has 0 bridgehead atoms. The smallest absolute Gasteiger partial charge is 0.232 e. The van der Waals surface area contributed by atoms with Gasteiger partial charge in [0.15, 0.2) is 5.82 Å². The molecule has 0 radical (unpaired) electrons. The molecule has 0 aliphatic carbocycles. The lowest BCUT2D eigenvalue weighted by atomic mass is 9.97. The van der Waals surface area contributed by atoms with Crippen LogP contribution in [-0.2, 0) is 16.8 Å². The highest BCUT2D eigenvalue weighted by Crippen LogP contribution is 2.27. The molecule has 0 unspecified atom stereocenters. The third kappa shape index (κ3) is 3.82. The highest BCUT2D eigenvalue weighted by Gasteiger charge is 2.28. The minimum absolute atomic E-state index is 0.0188. The van der Waals surface area contributed by atoms with Crippen molar-refractivity contribution in [2.75, 3.05) is 13.1 Å². The van der Waals surface area contributed by atoms with Gasteiger partial charge in [-0.1, -0.05) is 56.3 Å². The number of nitrogens with zero attached hydrogens (tertiary/aromatic N) is 3. The first-order chi connectivity index (χ1) is 11.4. The van der Waals surface area contributed by atoms with Crippen LogP contribution in [0.25, 0.3) is 0 Å². The molecule has 1 aromatic heterocycles. The standard InChI is InChI=1S/C18H24N4O2/c1-18(2,3)17-20-15(21-24-17)12-22-10-9-19-16(23)11-14(22)13-7-5-4-6-8-13/h4-8,14H,9-12H2,1-3H3,(H,19,23)/t14-/m0/s1. The molecule has 1 atom stereocenters. The van der Waals surface area contributed by atoms with Crippen LogP contribution in [-0.4, -0.2) is 34.0 Å². The third-order valence-corrected chi connectivity index (χ3v) is 4.18. The molecule has 6 nitrogen and oxygen atoms in total. The highest BCUT2D eigenvalue weighted by atomic mass is 16.5. The lowest BCUT2D eigenvalue weighted by Crippen LogP contribution is -2.31. The number of nitrogens with one attached hydrogen (secondary N) is 1. The van der Waals surface area contributed by atoms with Crippen LogP contribution in [0.3, 0.4) is 0 Å². The molecule has 1 saturated heterocycles. The van der Waals surface area contributed by atoms with Gasteiger partial charge in [-0.05, 0) is 5.56 Å². The Balaban J connectivity index is 1.83. The molecule has 24 heavy (non-hydrogen) atoms. The quantitative estimate of drug-likeness (QED) is 0.937. The first-order valence-corrected chi connectivity index (χ1v) is 8.32. The fraction of sp³-hybridized carbons (Fsp3) is 0.500. The third-order valence-electron chi connectivity index (χ3n) is 4.18. The van der Waals surface area contributed by atoms with Crippen molar-refractivity contribution in [1.29, 1.82) is 0 Å². The summed E-state index contributed by atoms with van der Waals surface area (Å²) in [7, 11) is 0. The van der Waals surface area contributed by atoms with E-state index < -0.39 is 0 Å². The summed E-state index contributed by atoms with van der Waals surface area (Å²) < 4.78 is 5.39. The second kappa shape index (κ2) is 6.73. The number of aromatic nitrogens is 2. The van der Waals surface area contributed by atoms with Crippen molar-refractivity contribution in [2.24, 2.45) is 0 Å². The summed E-state index contributed by atoms with van der Waals surface area (Å²) in [5, 5.41) is 7.07. The van der Waals surface area contributed by atoms with E-state index in [0.717, 1.165) is 12.1 Å². The lowest BCUT2D eigenvalue weighted by molar-refractivity contribution is -0.121. The van der Waals surface area contributed by atoms with Gasteiger partial charge >= 0.3 is 0 Å². The first kappa shape index (κ1) is 16.6. The van der Waals surface area contributed by atoms with Crippen LogP contribution in [0.15, 0.2) is 34.9 Å². The summed E-state index contributed by atoms with van der Waals surface area (Å²) in [5.74, 6) is 1.38. The van der Waals surface area contributed by atoms with E-state index in [4.69, 9.17) is 4.52 Å². The van der Waals surface area contributed by atoms with Gasteiger partial charge in [0.2, 0.25) is 11.8 Å². The van der Waals surface area contributed by atoms with E-state index in [1.807, 2.05) is 39.0 Å². The number of carbonyl (C=O) groups is 1. The Morgan fingerprint density at radius 1 is 1.29 bits per heavy atom. The molecule has 128 valence electrons. The number of benzene rings is 1. The van der Waals surface area contributed by atoms with Crippen LogP contribution >= 0.6 is 0 Å². The molecular weight excluding hydrogens is 304 g/mol. The Kier molecular flexibility index (Phi) is 4.66. The molecule has 2 heterocycles. The van der Waals surface area contributed by atoms with Crippen LogP contribution < -0.4 is 5.32 Å². The van der Waals surface area contributed by atoms with Gasteiger partial charge < -0.3 is 9.84 Å². The van der Waals surface area contributed by atoms with Gasteiger partial charge in [-0.2, -0.15) is 4.98 Å². The maximum atomic E-state index is 12.0. The summed E-state index contributed by atoms with van der Waals surface area (Å²) in [4.78, 5) is 18.8. The topological polar surface area (TPSA) is 71.3 Å². The Bertz CT molecular complexity index is 691. The monoisotopic (exact) mass is 328 g/mol. The minimum atomic E-state index is -0.166. The molecule has 6 heteroatoms. The molecule has 2 aromatic rings. The van der Waals surface area contributed by atoms with Crippen molar-refractivity contribution < 1.29 is 9.32 Å². The molecule has 1 N–H and O–H groups in total. The number of rotatable bonds is 3. The fourth-order valence-corrected chi connectivity index (χ4v) is 2.87. The first-order valence-electron chi connectivity index (χ1n) is 8.32. The summed E-state index contributed by atoms with van der Waals surface area (Å²) in [6.45, 7) is 8.09. The molecule has 1 fully saturated rings. The zero-order valence-electron chi connectivity index (χ0n) is 14.5. The highest BCUT2D eigenvalue weighted by molar-refractivity contribution is 5.77. The Morgan fingerprint density at radius 3 is 2.71 bits per heavy atom. The molecule has 0 spiro atoms. The Morgan fingerprint density at radius 2 is 2.04 bits per heavy atom.